The molecule has 0 radical (unpaired) electrons. The second kappa shape index (κ2) is 11.0. The Balaban J connectivity index is 2.39. The Bertz CT molecular complexity index is 728. The molecule has 0 spiro atoms. The van der Waals surface area contributed by atoms with E-state index in [1.54, 1.807) is 5.57 Å². The van der Waals surface area contributed by atoms with E-state index in [0.29, 0.717) is 5.92 Å². The Morgan fingerprint density at radius 3 is 2.21 bits per heavy atom. The minimum Gasteiger partial charge on any atom is -0.302 e. The number of anilines is 1. The van der Waals surface area contributed by atoms with Gasteiger partial charge in [0.05, 0.1) is 0 Å². The van der Waals surface area contributed by atoms with E-state index in [0.717, 1.165) is 23.6 Å². The standard InChI is InChI=1S/C26H38N2/c1-7-11-23(12-8-2)24(13-9-3)18-25-19-28(21(6)27-20(25)5)26-16-14-22(10-4)15-17-26/h14-19,23H,6-13H2,1-5H3/b24-18+. The van der Waals surface area contributed by atoms with Crippen molar-refractivity contribution in [3.05, 3.63) is 65.7 Å². The predicted octanol–water partition coefficient (Wildman–Crippen LogP) is 7.83. The van der Waals surface area contributed by atoms with Gasteiger partial charge >= 0.3 is 0 Å². The van der Waals surface area contributed by atoms with Crippen LogP contribution in [0.1, 0.15) is 78.7 Å². The largest absolute Gasteiger partial charge is 0.302 e. The van der Waals surface area contributed by atoms with Crippen molar-refractivity contribution < 1.29 is 0 Å². The summed E-state index contributed by atoms with van der Waals surface area (Å²) in [5, 5.41) is 0. The summed E-state index contributed by atoms with van der Waals surface area (Å²) in [6.45, 7) is 15.3. The van der Waals surface area contributed by atoms with Crippen LogP contribution in [-0.2, 0) is 6.42 Å². The van der Waals surface area contributed by atoms with E-state index in [2.05, 4.69) is 82.6 Å². The van der Waals surface area contributed by atoms with Gasteiger partial charge in [-0.05, 0) is 56.2 Å². The lowest BCUT2D eigenvalue weighted by Crippen LogP contribution is -2.21. The highest BCUT2D eigenvalue weighted by molar-refractivity contribution is 6.03. The molecule has 0 bridgehead atoms. The molecule has 0 fully saturated rings. The van der Waals surface area contributed by atoms with Gasteiger partial charge in [0.25, 0.3) is 0 Å². The van der Waals surface area contributed by atoms with Crippen LogP contribution in [0.25, 0.3) is 0 Å². The number of hydrogen-bond donors (Lipinski definition) is 0. The van der Waals surface area contributed by atoms with Gasteiger partial charge in [0.1, 0.15) is 5.82 Å². The number of allylic oxidation sites excluding steroid dienone is 3. The maximum absolute atomic E-state index is 4.76. The topological polar surface area (TPSA) is 15.6 Å². The van der Waals surface area contributed by atoms with Crippen LogP contribution >= 0.6 is 0 Å². The smallest absolute Gasteiger partial charge is 0.130 e. The van der Waals surface area contributed by atoms with Crippen molar-refractivity contribution in [2.75, 3.05) is 4.90 Å². The molecule has 2 nitrogen and oxygen atoms in total. The first kappa shape index (κ1) is 22.2. The second-order valence-electron chi connectivity index (χ2n) is 7.83. The highest BCUT2D eigenvalue weighted by Crippen LogP contribution is 2.30. The average molecular weight is 379 g/mol. The lowest BCUT2D eigenvalue weighted by Gasteiger charge is -2.27. The molecule has 1 heterocycles. The van der Waals surface area contributed by atoms with E-state index in [-0.39, 0.29) is 0 Å². The molecule has 1 aliphatic rings. The van der Waals surface area contributed by atoms with Crippen LogP contribution in [0.3, 0.4) is 0 Å². The summed E-state index contributed by atoms with van der Waals surface area (Å²) >= 11 is 0. The van der Waals surface area contributed by atoms with E-state index >= 15 is 0 Å². The van der Waals surface area contributed by atoms with Gasteiger partial charge in [-0.15, -0.1) is 0 Å². The summed E-state index contributed by atoms with van der Waals surface area (Å²) in [5.41, 5.74) is 6.34. The number of aliphatic imine (C=N–C) groups is 1. The van der Waals surface area contributed by atoms with Gasteiger partial charge in [0.15, 0.2) is 0 Å². The van der Waals surface area contributed by atoms with Crippen molar-refractivity contribution in [1.82, 2.24) is 0 Å². The molecule has 152 valence electrons. The summed E-state index contributed by atoms with van der Waals surface area (Å²) < 4.78 is 0. The summed E-state index contributed by atoms with van der Waals surface area (Å²) in [7, 11) is 0. The lowest BCUT2D eigenvalue weighted by atomic mass is 9.86. The fraction of sp³-hybridized carbons (Fsp3) is 0.500. The highest BCUT2D eigenvalue weighted by Gasteiger charge is 2.18. The summed E-state index contributed by atoms with van der Waals surface area (Å²) in [5.74, 6) is 1.47. The normalized spacial score (nSPS) is 15.1. The Hall–Kier alpha value is -2.09. The fourth-order valence-electron chi connectivity index (χ4n) is 3.97. The fourth-order valence-corrected chi connectivity index (χ4v) is 3.97. The summed E-state index contributed by atoms with van der Waals surface area (Å²) in [6.07, 6.45) is 13.1. The maximum Gasteiger partial charge on any atom is 0.130 e. The first-order chi connectivity index (χ1) is 13.5. The van der Waals surface area contributed by atoms with Crippen LogP contribution in [0.2, 0.25) is 0 Å². The van der Waals surface area contributed by atoms with Gasteiger partial charge in [0.2, 0.25) is 0 Å². The van der Waals surface area contributed by atoms with Crippen LogP contribution in [-0.4, -0.2) is 5.71 Å². The Morgan fingerprint density at radius 1 is 1.04 bits per heavy atom. The number of rotatable bonds is 10. The SMILES string of the molecule is C=C1N=C(C)C(/C=C(\CCC)C(CCC)CCC)=CN1c1ccc(CC)cc1. The molecule has 2 heteroatoms. The molecule has 1 aliphatic heterocycles. The zero-order valence-corrected chi connectivity index (χ0v) is 18.6. The highest BCUT2D eigenvalue weighted by atomic mass is 15.2. The van der Waals surface area contributed by atoms with Crippen molar-refractivity contribution in [2.24, 2.45) is 10.9 Å². The molecular formula is C26H38N2. The Labute approximate surface area is 172 Å². The molecule has 1 aromatic rings. The number of benzene rings is 1. The minimum atomic E-state index is 0.686. The Kier molecular flexibility index (Phi) is 8.76. The summed E-state index contributed by atoms with van der Waals surface area (Å²) in [6, 6.07) is 8.72. The van der Waals surface area contributed by atoms with Crippen molar-refractivity contribution >= 4 is 11.4 Å². The maximum atomic E-state index is 4.76. The second-order valence-corrected chi connectivity index (χ2v) is 7.83. The summed E-state index contributed by atoms with van der Waals surface area (Å²) in [4.78, 5) is 6.89. The van der Waals surface area contributed by atoms with E-state index < -0.39 is 0 Å². The molecule has 0 amide bonds. The monoisotopic (exact) mass is 378 g/mol. The van der Waals surface area contributed by atoms with Gasteiger partial charge in [-0.3, -0.25) is 0 Å². The van der Waals surface area contributed by atoms with Crippen LogP contribution in [0, 0.1) is 5.92 Å². The first-order valence-electron chi connectivity index (χ1n) is 11.1. The van der Waals surface area contributed by atoms with Gasteiger partial charge in [-0.1, -0.05) is 77.3 Å². The molecule has 2 rings (SSSR count). The Morgan fingerprint density at radius 2 is 1.68 bits per heavy atom. The van der Waals surface area contributed by atoms with Gasteiger partial charge in [0, 0.05) is 23.2 Å². The average Bonchev–Trinajstić information content (AvgIpc) is 2.69. The molecular weight excluding hydrogens is 340 g/mol. The third-order valence-electron chi connectivity index (χ3n) is 5.56. The zero-order chi connectivity index (χ0) is 20.5. The third kappa shape index (κ3) is 5.70. The molecule has 0 unspecified atom stereocenters. The van der Waals surface area contributed by atoms with E-state index in [9.17, 15) is 0 Å². The quantitative estimate of drug-likeness (QED) is 0.405. The van der Waals surface area contributed by atoms with Gasteiger partial charge in [-0.25, -0.2) is 4.99 Å². The molecule has 0 atom stereocenters. The first-order valence-corrected chi connectivity index (χ1v) is 11.1. The van der Waals surface area contributed by atoms with E-state index in [4.69, 9.17) is 4.99 Å². The van der Waals surface area contributed by atoms with Gasteiger partial charge < -0.3 is 4.90 Å². The minimum absolute atomic E-state index is 0.686. The number of nitrogens with zero attached hydrogens (tertiary/aromatic N) is 2. The van der Waals surface area contributed by atoms with Crippen molar-refractivity contribution in [3.8, 4) is 0 Å². The number of hydrogen-bond acceptors (Lipinski definition) is 2. The zero-order valence-electron chi connectivity index (χ0n) is 18.6. The van der Waals surface area contributed by atoms with E-state index in [1.807, 2.05) is 0 Å². The molecule has 0 saturated carbocycles. The van der Waals surface area contributed by atoms with Crippen LogP contribution < -0.4 is 4.90 Å². The predicted molar refractivity (Wildman–Crippen MR) is 125 cm³/mol. The van der Waals surface area contributed by atoms with Crippen molar-refractivity contribution in [1.29, 1.82) is 0 Å². The van der Waals surface area contributed by atoms with Crippen LogP contribution in [0.15, 0.2) is 65.1 Å². The lowest BCUT2D eigenvalue weighted by molar-refractivity contribution is 0.487. The van der Waals surface area contributed by atoms with Crippen molar-refractivity contribution in [3.63, 3.8) is 0 Å². The van der Waals surface area contributed by atoms with E-state index in [1.165, 1.54) is 49.7 Å². The van der Waals surface area contributed by atoms with Crippen LogP contribution in [0.5, 0.6) is 0 Å². The molecule has 0 saturated heterocycles. The molecule has 0 N–H and O–H groups in total. The molecule has 28 heavy (non-hydrogen) atoms. The third-order valence-corrected chi connectivity index (χ3v) is 5.56. The molecule has 0 aliphatic carbocycles. The van der Waals surface area contributed by atoms with Crippen LogP contribution in [0.4, 0.5) is 5.69 Å². The molecule has 1 aromatic carbocycles. The molecule has 0 aromatic heterocycles. The van der Waals surface area contributed by atoms with Gasteiger partial charge in [-0.2, -0.15) is 0 Å². The number of aryl methyl sites for hydroxylation is 1. The van der Waals surface area contributed by atoms with Crippen molar-refractivity contribution in [2.45, 2.75) is 79.6 Å².